The van der Waals surface area contributed by atoms with Crippen LogP contribution < -0.4 is 11.1 Å². The second-order valence-electron chi connectivity index (χ2n) is 4.46. The van der Waals surface area contributed by atoms with Crippen LogP contribution in [-0.4, -0.2) is 17.5 Å². The van der Waals surface area contributed by atoms with Crippen molar-refractivity contribution in [3.8, 4) is 0 Å². The summed E-state index contributed by atoms with van der Waals surface area (Å²) in [7, 11) is 0. The van der Waals surface area contributed by atoms with Gasteiger partial charge in [-0.3, -0.25) is 4.79 Å². The number of nitrogens with zero attached hydrogens (tertiary/aromatic N) is 1. The summed E-state index contributed by atoms with van der Waals surface area (Å²) in [4.78, 5) is 15.8. The van der Waals surface area contributed by atoms with E-state index < -0.39 is 0 Å². The zero-order valence-corrected chi connectivity index (χ0v) is 11.3. The number of ether oxygens (including phenoxy) is 1. The number of nitrogen functional groups attached to an aromatic ring is 1. The number of aromatic nitrogens is 1. The van der Waals surface area contributed by atoms with Crippen LogP contribution in [0.15, 0.2) is 42.6 Å². The van der Waals surface area contributed by atoms with E-state index in [1.54, 1.807) is 6.07 Å². The molecule has 20 heavy (non-hydrogen) atoms. The number of aryl methyl sites for hydroxylation is 1. The first-order valence-corrected chi connectivity index (χ1v) is 6.29. The Bertz CT molecular complexity index is 585. The van der Waals surface area contributed by atoms with Crippen LogP contribution in [0.3, 0.4) is 0 Å². The maximum Gasteiger partial charge on any atom is 0.251 e. The van der Waals surface area contributed by atoms with Crippen molar-refractivity contribution in [3.05, 3.63) is 53.7 Å². The molecule has 0 atom stereocenters. The van der Waals surface area contributed by atoms with E-state index in [9.17, 15) is 4.79 Å². The van der Waals surface area contributed by atoms with Gasteiger partial charge in [0.15, 0.2) is 0 Å². The SMILES string of the molecule is Cc1cc(N)cnc1NC(=O)COCc1ccccc1. The molecule has 0 bridgehead atoms. The van der Waals surface area contributed by atoms with Crippen LogP contribution in [0.25, 0.3) is 0 Å². The quantitative estimate of drug-likeness (QED) is 0.873. The third-order valence-corrected chi connectivity index (χ3v) is 2.70. The molecule has 0 aliphatic heterocycles. The van der Waals surface area contributed by atoms with E-state index in [1.165, 1.54) is 6.20 Å². The predicted molar refractivity (Wildman–Crippen MR) is 78.1 cm³/mol. The van der Waals surface area contributed by atoms with Crippen molar-refractivity contribution in [1.29, 1.82) is 0 Å². The lowest BCUT2D eigenvalue weighted by atomic mass is 10.2. The molecule has 1 amide bonds. The number of amides is 1. The number of pyridine rings is 1. The lowest BCUT2D eigenvalue weighted by Crippen LogP contribution is -2.19. The van der Waals surface area contributed by atoms with E-state index >= 15 is 0 Å². The second-order valence-corrected chi connectivity index (χ2v) is 4.46. The first kappa shape index (κ1) is 14.0. The standard InChI is InChI=1S/C15H17N3O2/c1-11-7-13(16)8-17-15(11)18-14(19)10-20-9-12-5-3-2-4-6-12/h2-8H,9-10,16H2,1H3,(H,17,18,19). The molecule has 1 aromatic heterocycles. The molecular formula is C15H17N3O2. The van der Waals surface area contributed by atoms with Gasteiger partial charge in [-0.25, -0.2) is 4.98 Å². The zero-order chi connectivity index (χ0) is 14.4. The summed E-state index contributed by atoms with van der Waals surface area (Å²) in [6.07, 6.45) is 1.51. The molecule has 3 N–H and O–H groups in total. The van der Waals surface area contributed by atoms with Gasteiger partial charge in [-0.2, -0.15) is 0 Å². The molecule has 5 nitrogen and oxygen atoms in total. The van der Waals surface area contributed by atoms with E-state index in [0.29, 0.717) is 18.1 Å². The van der Waals surface area contributed by atoms with Crippen molar-refractivity contribution in [1.82, 2.24) is 4.98 Å². The molecule has 1 aromatic carbocycles. The fourth-order valence-electron chi connectivity index (χ4n) is 1.73. The summed E-state index contributed by atoms with van der Waals surface area (Å²) in [6, 6.07) is 11.5. The first-order chi connectivity index (χ1) is 9.65. The molecule has 0 spiro atoms. The van der Waals surface area contributed by atoms with Crippen molar-refractivity contribution in [2.45, 2.75) is 13.5 Å². The van der Waals surface area contributed by atoms with Gasteiger partial charge in [0.1, 0.15) is 12.4 Å². The Kier molecular flexibility index (Phi) is 4.68. The van der Waals surface area contributed by atoms with E-state index in [0.717, 1.165) is 11.1 Å². The van der Waals surface area contributed by atoms with Crippen molar-refractivity contribution in [2.24, 2.45) is 0 Å². The molecule has 0 unspecified atom stereocenters. The van der Waals surface area contributed by atoms with Crippen LogP contribution in [-0.2, 0) is 16.1 Å². The number of carbonyl (C=O) groups is 1. The van der Waals surface area contributed by atoms with Gasteiger partial charge < -0.3 is 15.8 Å². The molecule has 0 radical (unpaired) electrons. The molecule has 1 heterocycles. The van der Waals surface area contributed by atoms with Gasteiger partial charge in [0.2, 0.25) is 0 Å². The number of nitrogens with two attached hydrogens (primary N) is 1. The summed E-state index contributed by atoms with van der Waals surface area (Å²) in [5, 5.41) is 2.69. The number of nitrogens with one attached hydrogen (secondary N) is 1. The molecule has 104 valence electrons. The summed E-state index contributed by atoms with van der Waals surface area (Å²) >= 11 is 0. The number of rotatable bonds is 5. The number of hydrogen-bond acceptors (Lipinski definition) is 4. The van der Waals surface area contributed by atoms with Crippen LogP contribution in [0.1, 0.15) is 11.1 Å². The highest BCUT2D eigenvalue weighted by atomic mass is 16.5. The minimum atomic E-state index is -0.235. The van der Waals surface area contributed by atoms with Crippen molar-refractivity contribution in [3.63, 3.8) is 0 Å². The van der Waals surface area contributed by atoms with Gasteiger partial charge in [0, 0.05) is 0 Å². The summed E-state index contributed by atoms with van der Waals surface area (Å²) in [5.74, 6) is 0.272. The Morgan fingerprint density at radius 1 is 1.35 bits per heavy atom. The van der Waals surface area contributed by atoms with Crippen LogP contribution in [0.2, 0.25) is 0 Å². The van der Waals surface area contributed by atoms with Gasteiger partial charge >= 0.3 is 0 Å². The monoisotopic (exact) mass is 271 g/mol. The molecule has 0 fully saturated rings. The van der Waals surface area contributed by atoms with Crippen molar-refractivity contribution < 1.29 is 9.53 Å². The molecule has 0 aliphatic carbocycles. The topological polar surface area (TPSA) is 77.2 Å². The largest absolute Gasteiger partial charge is 0.397 e. The minimum absolute atomic E-state index is 0.0135. The van der Waals surface area contributed by atoms with Gasteiger partial charge in [-0.1, -0.05) is 30.3 Å². The average molecular weight is 271 g/mol. The highest BCUT2D eigenvalue weighted by molar-refractivity contribution is 5.91. The normalized spacial score (nSPS) is 10.2. The van der Waals surface area contributed by atoms with Gasteiger partial charge in [-0.15, -0.1) is 0 Å². The Morgan fingerprint density at radius 2 is 2.10 bits per heavy atom. The molecule has 5 heteroatoms. The smallest absolute Gasteiger partial charge is 0.251 e. The summed E-state index contributed by atoms with van der Waals surface area (Å²) < 4.78 is 5.35. The third-order valence-electron chi connectivity index (χ3n) is 2.70. The lowest BCUT2D eigenvalue weighted by Gasteiger charge is -2.08. The predicted octanol–water partition coefficient (Wildman–Crippen LogP) is 2.13. The average Bonchev–Trinajstić information content (AvgIpc) is 2.43. The van der Waals surface area contributed by atoms with Crippen molar-refractivity contribution >= 4 is 17.4 Å². The number of anilines is 2. The van der Waals surface area contributed by atoms with Crippen LogP contribution in [0.4, 0.5) is 11.5 Å². The van der Waals surface area contributed by atoms with Gasteiger partial charge in [0.25, 0.3) is 5.91 Å². The van der Waals surface area contributed by atoms with Crippen LogP contribution in [0, 0.1) is 6.92 Å². The molecule has 2 aromatic rings. The molecular weight excluding hydrogens is 254 g/mol. The first-order valence-electron chi connectivity index (χ1n) is 6.29. The number of carbonyl (C=O) groups excluding carboxylic acids is 1. The third kappa shape index (κ3) is 4.07. The molecule has 0 aliphatic rings. The Morgan fingerprint density at radius 3 is 2.80 bits per heavy atom. The molecule has 0 saturated heterocycles. The maximum atomic E-state index is 11.7. The Hall–Kier alpha value is -2.40. The van der Waals surface area contributed by atoms with E-state index in [1.807, 2.05) is 37.3 Å². The number of hydrogen-bond donors (Lipinski definition) is 2. The highest BCUT2D eigenvalue weighted by Crippen LogP contribution is 2.13. The fraction of sp³-hybridized carbons (Fsp3) is 0.200. The van der Waals surface area contributed by atoms with Gasteiger partial charge in [0.05, 0.1) is 18.5 Å². The van der Waals surface area contributed by atoms with Crippen molar-refractivity contribution in [2.75, 3.05) is 17.7 Å². The van der Waals surface area contributed by atoms with E-state index in [-0.39, 0.29) is 12.5 Å². The Labute approximate surface area is 117 Å². The Balaban J connectivity index is 1.81. The molecule has 0 saturated carbocycles. The maximum absolute atomic E-state index is 11.7. The summed E-state index contributed by atoms with van der Waals surface area (Å²) in [5.41, 5.74) is 8.02. The minimum Gasteiger partial charge on any atom is -0.397 e. The lowest BCUT2D eigenvalue weighted by molar-refractivity contribution is -0.121. The van der Waals surface area contributed by atoms with E-state index in [2.05, 4.69) is 10.3 Å². The van der Waals surface area contributed by atoms with Gasteiger partial charge in [-0.05, 0) is 24.1 Å². The van der Waals surface area contributed by atoms with Crippen LogP contribution >= 0.6 is 0 Å². The van der Waals surface area contributed by atoms with Crippen LogP contribution in [0.5, 0.6) is 0 Å². The fourth-order valence-corrected chi connectivity index (χ4v) is 1.73. The zero-order valence-electron chi connectivity index (χ0n) is 11.3. The van der Waals surface area contributed by atoms with E-state index in [4.69, 9.17) is 10.5 Å². The molecule has 2 rings (SSSR count). The second kappa shape index (κ2) is 6.68. The highest BCUT2D eigenvalue weighted by Gasteiger charge is 2.06. The number of benzene rings is 1. The summed E-state index contributed by atoms with van der Waals surface area (Å²) in [6.45, 7) is 2.23.